The van der Waals surface area contributed by atoms with Crippen LogP contribution >= 0.6 is 0 Å². The number of benzene rings is 3. The van der Waals surface area contributed by atoms with Gasteiger partial charge in [0.05, 0.1) is 0 Å². The lowest BCUT2D eigenvalue weighted by atomic mass is 9.95. The quantitative estimate of drug-likeness (QED) is 0.139. The van der Waals surface area contributed by atoms with Gasteiger partial charge in [0.1, 0.15) is 17.7 Å². The molecule has 2 atom stereocenters. The number of carbonyl (C=O) groups is 4. The zero-order valence-corrected chi connectivity index (χ0v) is 28.9. The van der Waals surface area contributed by atoms with Gasteiger partial charge in [-0.3, -0.25) is 14.4 Å². The highest BCUT2D eigenvalue weighted by atomic mass is 16.6. The fourth-order valence-electron chi connectivity index (χ4n) is 5.61. The summed E-state index contributed by atoms with van der Waals surface area (Å²) in [6.45, 7) is 11.5. The highest BCUT2D eigenvalue weighted by molar-refractivity contribution is 6.00. The minimum absolute atomic E-state index is 0.0355. The molecule has 9 heteroatoms. The predicted molar refractivity (Wildman–Crippen MR) is 188 cm³/mol. The number of nitrogens with zero attached hydrogens (tertiary/aromatic N) is 1. The molecular weight excluding hydrogens is 592 g/mol. The zero-order valence-electron chi connectivity index (χ0n) is 28.9. The van der Waals surface area contributed by atoms with E-state index in [4.69, 9.17) is 10.5 Å². The van der Waals surface area contributed by atoms with Crippen molar-refractivity contribution in [3.63, 3.8) is 0 Å². The number of carbonyl (C=O) groups excluding carboxylic acids is 4. The van der Waals surface area contributed by atoms with Gasteiger partial charge in [0.25, 0.3) is 5.91 Å². The van der Waals surface area contributed by atoms with Gasteiger partial charge in [-0.1, -0.05) is 93.1 Å². The molecule has 0 heterocycles. The van der Waals surface area contributed by atoms with Crippen molar-refractivity contribution in [1.82, 2.24) is 10.2 Å². The number of hydrogen-bond donors (Lipinski definition) is 3. The number of ether oxygens (including phenoxy) is 1. The van der Waals surface area contributed by atoms with Crippen molar-refractivity contribution in [1.29, 1.82) is 0 Å². The van der Waals surface area contributed by atoms with Crippen LogP contribution in [0.3, 0.4) is 0 Å². The second-order valence-electron chi connectivity index (χ2n) is 13.3. The molecule has 0 aromatic heterocycles. The van der Waals surface area contributed by atoms with Crippen LogP contribution in [0.25, 0.3) is 10.8 Å². The monoisotopic (exact) mass is 644 g/mol. The van der Waals surface area contributed by atoms with Crippen LogP contribution in [0, 0.1) is 13.8 Å². The fourth-order valence-corrected chi connectivity index (χ4v) is 5.61. The average molecular weight is 645 g/mol. The minimum Gasteiger partial charge on any atom is -0.444 e. The highest BCUT2D eigenvalue weighted by Crippen LogP contribution is 2.30. The Morgan fingerprint density at radius 2 is 1.55 bits per heavy atom. The van der Waals surface area contributed by atoms with Gasteiger partial charge in [-0.2, -0.15) is 0 Å². The Morgan fingerprint density at radius 3 is 2.23 bits per heavy atom. The molecule has 47 heavy (non-hydrogen) atoms. The molecule has 0 saturated heterocycles. The number of rotatable bonds is 16. The molecule has 0 aliphatic carbocycles. The van der Waals surface area contributed by atoms with Gasteiger partial charge in [0.15, 0.2) is 0 Å². The SMILES string of the molecule is CCCCCCCCN(C(=O)C(CCC(N)=O)NC(=O)OC(C)(C)C)C(C(=O)Nc1ccc2ccccc2c1)c1cc(C)ccc1C. The van der Waals surface area contributed by atoms with Crippen LogP contribution in [0.15, 0.2) is 60.7 Å². The van der Waals surface area contributed by atoms with Gasteiger partial charge in [0.2, 0.25) is 11.8 Å². The van der Waals surface area contributed by atoms with Crippen LogP contribution in [0.1, 0.15) is 102 Å². The van der Waals surface area contributed by atoms with Crippen molar-refractivity contribution in [3.05, 3.63) is 77.4 Å². The van der Waals surface area contributed by atoms with Gasteiger partial charge < -0.3 is 26.0 Å². The molecule has 0 bridgehead atoms. The number of nitrogens with one attached hydrogen (secondary N) is 2. The topological polar surface area (TPSA) is 131 Å². The maximum Gasteiger partial charge on any atom is 0.408 e. The molecule has 3 aromatic carbocycles. The van der Waals surface area contributed by atoms with E-state index in [1.54, 1.807) is 25.7 Å². The predicted octanol–water partition coefficient (Wildman–Crippen LogP) is 7.48. The molecule has 0 spiro atoms. The molecule has 0 aliphatic rings. The number of fused-ring (bicyclic) bond motifs is 1. The van der Waals surface area contributed by atoms with Crippen molar-refractivity contribution in [2.75, 3.05) is 11.9 Å². The van der Waals surface area contributed by atoms with E-state index in [1.807, 2.05) is 74.5 Å². The van der Waals surface area contributed by atoms with E-state index in [2.05, 4.69) is 17.6 Å². The first-order valence-electron chi connectivity index (χ1n) is 16.7. The number of aryl methyl sites for hydroxylation is 2. The second kappa shape index (κ2) is 17.5. The van der Waals surface area contributed by atoms with Crippen LogP contribution in [-0.2, 0) is 19.1 Å². The lowest BCUT2D eigenvalue weighted by Crippen LogP contribution is -2.53. The number of hydrogen-bond acceptors (Lipinski definition) is 5. The van der Waals surface area contributed by atoms with Crippen LogP contribution in [-0.4, -0.2) is 46.9 Å². The second-order valence-corrected chi connectivity index (χ2v) is 13.3. The molecule has 4 amide bonds. The third-order valence-corrected chi connectivity index (χ3v) is 8.01. The summed E-state index contributed by atoms with van der Waals surface area (Å²) in [5.41, 5.74) is 7.76. The minimum atomic E-state index is -1.14. The number of unbranched alkanes of at least 4 members (excludes halogenated alkanes) is 5. The summed E-state index contributed by atoms with van der Waals surface area (Å²) < 4.78 is 5.47. The Balaban J connectivity index is 2.06. The first-order valence-corrected chi connectivity index (χ1v) is 16.7. The maximum absolute atomic E-state index is 14.6. The normalized spacial score (nSPS) is 12.6. The van der Waals surface area contributed by atoms with Crippen molar-refractivity contribution in [2.24, 2.45) is 5.73 Å². The van der Waals surface area contributed by atoms with E-state index in [0.717, 1.165) is 54.0 Å². The Labute approximate surface area is 279 Å². The lowest BCUT2D eigenvalue weighted by molar-refractivity contribution is -0.141. The fraction of sp³-hybridized carbons (Fsp3) is 0.474. The highest BCUT2D eigenvalue weighted by Gasteiger charge is 2.37. The van der Waals surface area contributed by atoms with Crippen LogP contribution in [0.4, 0.5) is 10.5 Å². The Bertz CT molecular complexity index is 1530. The van der Waals surface area contributed by atoms with E-state index in [1.165, 1.54) is 0 Å². The number of primary amides is 1. The number of amides is 4. The van der Waals surface area contributed by atoms with Gasteiger partial charge in [0, 0.05) is 18.7 Å². The van der Waals surface area contributed by atoms with Crippen LogP contribution in [0.5, 0.6) is 0 Å². The first kappa shape index (κ1) is 37.1. The number of nitrogens with two attached hydrogens (primary N) is 1. The van der Waals surface area contributed by atoms with Crippen molar-refractivity contribution in [3.8, 4) is 0 Å². The third-order valence-electron chi connectivity index (χ3n) is 8.01. The van der Waals surface area contributed by atoms with Crippen LogP contribution < -0.4 is 16.4 Å². The summed E-state index contributed by atoms with van der Waals surface area (Å²) in [7, 11) is 0. The Kier molecular flexibility index (Phi) is 13.8. The molecule has 254 valence electrons. The van der Waals surface area contributed by atoms with Crippen LogP contribution in [0.2, 0.25) is 0 Å². The molecule has 9 nitrogen and oxygen atoms in total. The zero-order chi connectivity index (χ0) is 34.6. The van der Waals surface area contributed by atoms with Gasteiger partial charge >= 0.3 is 6.09 Å². The van der Waals surface area contributed by atoms with Crippen molar-refractivity contribution < 1.29 is 23.9 Å². The van der Waals surface area contributed by atoms with E-state index < -0.39 is 35.6 Å². The van der Waals surface area contributed by atoms with E-state index in [9.17, 15) is 19.2 Å². The molecule has 2 unspecified atom stereocenters. The summed E-state index contributed by atoms with van der Waals surface area (Å²) in [6, 6.07) is 17.3. The lowest BCUT2D eigenvalue weighted by Gasteiger charge is -2.35. The third kappa shape index (κ3) is 11.7. The standard InChI is InChI=1S/C38H52N4O5/c1-7-8-9-10-11-14-23-42(36(45)32(21-22-33(39)43)41-37(46)47-38(4,5)6)34(31-24-26(2)17-18-27(31)3)35(44)40-30-20-19-28-15-12-13-16-29(28)25-30/h12-13,15-20,24-25,32,34H,7-11,14,21-23H2,1-6H3,(H2,39,43)(H,40,44)(H,41,46). The largest absolute Gasteiger partial charge is 0.444 e. The molecular formula is C38H52N4O5. The Hall–Kier alpha value is -4.40. The van der Waals surface area contributed by atoms with E-state index in [-0.39, 0.29) is 25.3 Å². The summed E-state index contributed by atoms with van der Waals surface area (Å²) >= 11 is 0. The molecule has 4 N–H and O–H groups in total. The van der Waals surface area contributed by atoms with Gasteiger partial charge in [-0.25, -0.2) is 4.79 Å². The Morgan fingerprint density at radius 1 is 0.872 bits per heavy atom. The summed E-state index contributed by atoms with van der Waals surface area (Å²) in [5, 5.41) is 7.77. The molecule has 0 radical (unpaired) electrons. The number of alkyl carbamates (subject to hydrolysis) is 1. The summed E-state index contributed by atoms with van der Waals surface area (Å²) in [4.78, 5) is 55.3. The first-order chi connectivity index (χ1) is 22.3. The summed E-state index contributed by atoms with van der Waals surface area (Å²) in [6.07, 6.45) is 4.94. The number of anilines is 1. The molecule has 0 aliphatic heterocycles. The van der Waals surface area contributed by atoms with Gasteiger partial charge in [-0.05, 0) is 81.5 Å². The molecule has 0 saturated carbocycles. The summed E-state index contributed by atoms with van der Waals surface area (Å²) in [5.74, 6) is -1.46. The van der Waals surface area contributed by atoms with Crippen molar-refractivity contribution in [2.45, 2.75) is 111 Å². The van der Waals surface area contributed by atoms with E-state index in [0.29, 0.717) is 17.7 Å². The molecule has 0 fully saturated rings. The molecule has 3 aromatic rings. The van der Waals surface area contributed by atoms with Crippen molar-refractivity contribution >= 4 is 40.3 Å². The maximum atomic E-state index is 14.6. The molecule has 3 rings (SSSR count). The van der Waals surface area contributed by atoms with Gasteiger partial charge in [-0.15, -0.1) is 0 Å². The average Bonchev–Trinajstić information content (AvgIpc) is 3.00. The van der Waals surface area contributed by atoms with E-state index >= 15 is 0 Å². The smallest absolute Gasteiger partial charge is 0.408 e.